The molecule has 0 saturated carbocycles. The molecule has 1 amide bonds. The molecule has 4 nitrogen and oxygen atoms in total. The van der Waals surface area contributed by atoms with Crippen molar-refractivity contribution in [2.45, 2.75) is 0 Å². The number of carbonyl (C=O) groups is 1. The maximum absolute atomic E-state index is 12.8. The van der Waals surface area contributed by atoms with Gasteiger partial charge in [-0.15, -0.1) is 0 Å². The van der Waals surface area contributed by atoms with Crippen LogP contribution in [-0.2, 0) is 0 Å². The van der Waals surface area contributed by atoms with Crippen LogP contribution in [-0.4, -0.2) is 16.1 Å². The quantitative estimate of drug-likeness (QED) is 0.804. The van der Waals surface area contributed by atoms with E-state index in [9.17, 15) is 9.18 Å². The maximum atomic E-state index is 12.8. The van der Waals surface area contributed by atoms with Crippen molar-refractivity contribution in [3.63, 3.8) is 0 Å². The molecule has 0 aliphatic carbocycles. The second kappa shape index (κ2) is 5.01. The van der Waals surface area contributed by atoms with Crippen LogP contribution in [0.3, 0.4) is 0 Å². The molecule has 17 heavy (non-hydrogen) atoms. The van der Waals surface area contributed by atoms with Crippen molar-refractivity contribution in [1.82, 2.24) is 10.2 Å². The van der Waals surface area contributed by atoms with Crippen molar-refractivity contribution >= 4 is 45.8 Å². The molecule has 1 heterocycles. The monoisotopic (exact) mass is 365 g/mol. The number of amides is 1. The predicted molar refractivity (Wildman–Crippen MR) is 70.7 cm³/mol. The molecule has 7 heteroatoms. The van der Waals surface area contributed by atoms with E-state index in [-0.39, 0.29) is 10.7 Å². The third-order valence-corrected chi connectivity index (χ3v) is 2.82. The Morgan fingerprint density at radius 1 is 1.47 bits per heavy atom. The standard InChI is InChI=1S/C10H6ClFIN3O/c11-6-3-5(12)1-2-7(6)14-10(17)8-4-9(13)16-15-8/h1-4H,(H,14,17)(H,15,16). The Bertz CT molecular complexity index is 572. The van der Waals surface area contributed by atoms with Crippen molar-refractivity contribution in [3.8, 4) is 0 Å². The summed E-state index contributed by atoms with van der Waals surface area (Å²) in [6, 6.07) is 5.34. The van der Waals surface area contributed by atoms with E-state index in [1.807, 2.05) is 22.6 Å². The first-order valence-corrected chi connectivity index (χ1v) is 5.99. The predicted octanol–water partition coefficient (Wildman–Crippen LogP) is 3.06. The van der Waals surface area contributed by atoms with Crippen molar-refractivity contribution in [2.75, 3.05) is 5.32 Å². The number of nitrogens with one attached hydrogen (secondary N) is 2. The number of rotatable bonds is 2. The number of carbonyl (C=O) groups excluding carboxylic acids is 1. The maximum Gasteiger partial charge on any atom is 0.276 e. The van der Waals surface area contributed by atoms with E-state index in [0.29, 0.717) is 5.69 Å². The molecule has 88 valence electrons. The smallest absolute Gasteiger partial charge is 0.276 e. The minimum Gasteiger partial charge on any atom is -0.319 e. The Morgan fingerprint density at radius 3 is 2.82 bits per heavy atom. The molecule has 2 aromatic rings. The number of aromatic amines is 1. The zero-order chi connectivity index (χ0) is 12.4. The van der Waals surface area contributed by atoms with Gasteiger partial charge in [-0.05, 0) is 40.8 Å². The fourth-order valence-corrected chi connectivity index (χ4v) is 1.82. The first kappa shape index (κ1) is 12.3. The summed E-state index contributed by atoms with van der Waals surface area (Å²) < 4.78 is 13.5. The average molecular weight is 366 g/mol. The molecule has 0 spiro atoms. The van der Waals surface area contributed by atoms with Crippen molar-refractivity contribution in [2.24, 2.45) is 0 Å². The Balaban J connectivity index is 2.18. The lowest BCUT2D eigenvalue weighted by Crippen LogP contribution is -2.12. The van der Waals surface area contributed by atoms with Gasteiger partial charge in [-0.3, -0.25) is 9.89 Å². The second-order valence-corrected chi connectivity index (χ2v) is 4.75. The van der Waals surface area contributed by atoms with Crippen LogP contribution in [0.25, 0.3) is 0 Å². The number of benzene rings is 1. The van der Waals surface area contributed by atoms with E-state index in [4.69, 9.17) is 11.6 Å². The van der Waals surface area contributed by atoms with Crippen LogP contribution in [0, 0.1) is 9.52 Å². The minimum absolute atomic E-state index is 0.142. The van der Waals surface area contributed by atoms with Gasteiger partial charge in [-0.1, -0.05) is 11.6 Å². The largest absolute Gasteiger partial charge is 0.319 e. The Morgan fingerprint density at radius 2 is 2.24 bits per heavy atom. The molecule has 2 N–H and O–H groups in total. The van der Waals surface area contributed by atoms with Gasteiger partial charge in [0.2, 0.25) is 0 Å². The van der Waals surface area contributed by atoms with Gasteiger partial charge in [0.15, 0.2) is 5.69 Å². The van der Waals surface area contributed by atoms with Crippen LogP contribution in [0.5, 0.6) is 0 Å². The molecular formula is C10H6ClFIN3O. The topological polar surface area (TPSA) is 57.8 Å². The summed E-state index contributed by atoms with van der Waals surface area (Å²) in [4.78, 5) is 11.7. The SMILES string of the molecule is O=C(Nc1ccc(F)cc1Cl)c1cc(I)[nH]n1. The lowest BCUT2D eigenvalue weighted by molar-refractivity contribution is 0.102. The van der Waals surface area contributed by atoms with Crippen LogP contribution in [0.4, 0.5) is 10.1 Å². The third kappa shape index (κ3) is 2.95. The summed E-state index contributed by atoms with van der Waals surface area (Å²) in [5.41, 5.74) is 0.589. The number of H-pyrrole nitrogens is 1. The molecule has 0 unspecified atom stereocenters. The normalized spacial score (nSPS) is 10.3. The summed E-state index contributed by atoms with van der Waals surface area (Å²) in [6.45, 7) is 0. The number of halogens is 3. The highest BCUT2D eigenvalue weighted by molar-refractivity contribution is 14.1. The van der Waals surface area contributed by atoms with E-state index in [0.717, 1.165) is 9.77 Å². The molecule has 0 radical (unpaired) electrons. The number of hydrogen-bond acceptors (Lipinski definition) is 2. The highest BCUT2D eigenvalue weighted by atomic mass is 127. The zero-order valence-electron chi connectivity index (χ0n) is 8.30. The minimum atomic E-state index is -0.456. The first-order chi connectivity index (χ1) is 8.06. The Labute approximate surface area is 115 Å². The molecule has 0 saturated heterocycles. The van der Waals surface area contributed by atoms with E-state index < -0.39 is 11.7 Å². The highest BCUT2D eigenvalue weighted by Gasteiger charge is 2.11. The first-order valence-electron chi connectivity index (χ1n) is 4.53. The summed E-state index contributed by atoms with van der Waals surface area (Å²) >= 11 is 7.78. The number of anilines is 1. The van der Waals surface area contributed by atoms with Gasteiger partial charge < -0.3 is 5.32 Å². The molecule has 0 atom stereocenters. The Kier molecular flexibility index (Phi) is 3.63. The average Bonchev–Trinajstić information content (AvgIpc) is 2.69. The number of aromatic nitrogens is 2. The van der Waals surface area contributed by atoms with Gasteiger partial charge in [0.25, 0.3) is 5.91 Å². The van der Waals surface area contributed by atoms with Gasteiger partial charge in [0, 0.05) is 6.07 Å². The molecule has 0 aliphatic rings. The van der Waals surface area contributed by atoms with Crippen LogP contribution >= 0.6 is 34.2 Å². The molecule has 1 aromatic carbocycles. The third-order valence-electron chi connectivity index (χ3n) is 1.96. The van der Waals surface area contributed by atoms with E-state index in [2.05, 4.69) is 15.5 Å². The fourth-order valence-electron chi connectivity index (χ4n) is 1.19. The van der Waals surface area contributed by atoms with Crippen molar-refractivity contribution in [1.29, 1.82) is 0 Å². The van der Waals surface area contributed by atoms with Crippen molar-refractivity contribution in [3.05, 3.63) is 44.5 Å². The van der Waals surface area contributed by atoms with Crippen molar-refractivity contribution < 1.29 is 9.18 Å². The second-order valence-electron chi connectivity index (χ2n) is 3.18. The lowest BCUT2D eigenvalue weighted by Gasteiger charge is -2.05. The van der Waals surface area contributed by atoms with E-state index >= 15 is 0 Å². The van der Waals surface area contributed by atoms with Crippen LogP contribution in [0.2, 0.25) is 5.02 Å². The van der Waals surface area contributed by atoms with Gasteiger partial charge in [-0.25, -0.2) is 4.39 Å². The molecule has 0 fully saturated rings. The summed E-state index contributed by atoms with van der Waals surface area (Å²) in [7, 11) is 0. The fraction of sp³-hybridized carbons (Fsp3) is 0. The summed E-state index contributed by atoms with van der Waals surface area (Å²) in [6.07, 6.45) is 0. The molecule has 1 aromatic heterocycles. The van der Waals surface area contributed by atoms with Gasteiger partial charge in [0.05, 0.1) is 14.4 Å². The van der Waals surface area contributed by atoms with E-state index in [1.165, 1.54) is 12.1 Å². The number of hydrogen-bond donors (Lipinski definition) is 2. The summed E-state index contributed by atoms with van der Waals surface area (Å²) in [5.74, 6) is -0.861. The summed E-state index contributed by atoms with van der Waals surface area (Å²) in [5, 5.41) is 9.13. The van der Waals surface area contributed by atoms with Gasteiger partial charge in [-0.2, -0.15) is 5.10 Å². The molecule has 0 bridgehead atoms. The van der Waals surface area contributed by atoms with Gasteiger partial charge >= 0.3 is 0 Å². The lowest BCUT2D eigenvalue weighted by atomic mass is 10.3. The van der Waals surface area contributed by atoms with Crippen LogP contribution in [0.15, 0.2) is 24.3 Å². The zero-order valence-corrected chi connectivity index (χ0v) is 11.2. The number of nitrogens with zero attached hydrogens (tertiary/aromatic N) is 1. The van der Waals surface area contributed by atoms with Gasteiger partial charge in [0.1, 0.15) is 5.82 Å². The Hall–Kier alpha value is -1.15. The highest BCUT2D eigenvalue weighted by Crippen LogP contribution is 2.22. The molecular weight excluding hydrogens is 359 g/mol. The van der Waals surface area contributed by atoms with Crippen LogP contribution in [0.1, 0.15) is 10.5 Å². The molecule has 0 aliphatic heterocycles. The molecule has 2 rings (SSSR count). The van der Waals surface area contributed by atoms with Crippen LogP contribution < -0.4 is 5.32 Å². The van der Waals surface area contributed by atoms with E-state index in [1.54, 1.807) is 6.07 Å².